The van der Waals surface area contributed by atoms with E-state index in [4.69, 9.17) is 0 Å². The van der Waals surface area contributed by atoms with E-state index in [2.05, 4.69) is 23.6 Å². The van der Waals surface area contributed by atoms with Crippen molar-refractivity contribution >= 4 is 22.5 Å². The number of amides is 1. The molecule has 0 spiro atoms. The number of aryl methyl sites for hydroxylation is 2. The standard InChI is InChI=1S/C22H24FN3O/c1-3-26-19-10-6-4-8-17(19)16(2)21(26)22(27)25-14-12-24(13-15-25)20-11-7-5-9-18(20)23/h4-11H,3,12-15H2,1-2H3. The first kappa shape index (κ1) is 17.6. The predicted molar refractivity (Wildman–Crippen MR) is 107 cm³/mol. The largest absolute Gasteiger partial charge is 0.366 e. The summed E-state index contributed by atoms with van der Waals surface area (Å²) in [5, 5.41) is 1.13. The van der Waals surface area contributed by atoms with Gasteiger partial charge < -0.3 is 14.4 Å². The van der Waals surface area contributed by atoms with E-state index in [0.717, 1.165) is 28.7 Å². The zero-order valence-electron chi connectivity index (χ0n) is 15.8. The molecule has 1 amide bonds. The molecular formula is C22H24FN3O. The smallest absolute Gasteiger partial charge is 0.270 e. The van der Waals surface area contributed by atoms with Gasteiger partial charge in [0, 0.05) is 43.6 Å². The van der Waals surface area contributed by atoms with Crippen molar-refractivity contribution in [2.45, 2.75) is 20.4 Å². The summed E-state index contributed by atoms with van der Waals surface area (Å²) in [6.07, 6.45) is 0. The number of para-hydroxylation sites is 2. The Kier molecular flexibility index (Phi) is 4.60. The van der Waals surface area contributed by atoms with Crippen molar-refractivity contribution in [2.24, 2.45) is 0 Å². The van der Waals surface area contributed by atoms with Gasteiger partial charge in [-0.05, 0) is 37.6 Å². The number of fused-ring (bicyclic) bond motifs is 1. The third kappa shape index (κ3) is 2.97. The van der Waals surface area contributed by atoms with Gasteiger partial charge in [-0.1, -0.05) is 30.3 Å². The van der Waals surface area contributed by atoms with Crippen LogP contribution in [0.15, 0.2) is 48.5 Å². The Morgan fingerprint density at radius 2 is 1.67 bits per heavy atom. The fourth-order valence-corrected chi connectivity index (χ4v) is 4.09. The molecule has 3 aromatic rings. The summed E-state index contributed by atoms with van der Waals surface area (Å²) >= 11 is 0. The summed E-state index contributed by atoms with van der Waals surface area (Å²) in [6.45, 7) is 7.31. The summed E-state index contributed by atoms with van der Waals surface area (Å²) in [6, 6.07) is 15.0. The number of anilines is 1. The molecule has 1 fully saturated rings. The molecule has 140 valence electrons. The molecule has 1 saturated heterocycles. The van der Waals surface area contributed by atoms with E-state index in [9.17, 15) is 9.18 Å². The van der Waals surface area contributed by atoms with Crippen LogP contribution in [-0.2, 0) is 6.54 Å². The van der Waals surface area contributed by atoms with Gasteiger partial charge in [0.05, 0.1) is 5.69 Å². The van der Waals surface area contributed by atoms with E-state index in [1.165, 1.54) is 6.07 Å². The van der Waals surface area contributed by atoms with E-state index in [0.29, 0.717) is 31.9 Å². The van der Waals surface area contributed by atoms with E-state index in [1.54, 1.807) is 12.1 Å². The maximum atomic E-state index is 14.0. The Labute approximate surface area is 158 Å². The number of hydrogen-bond acceptors (Lipinski definition) is 2. The van der Waals surface area contributed by atoms with Crippen LogP contribution in [0.3, 0.4) is 0 Å². The van der Waals surface area contributed by atoms with Gasteiger partial charge in [0.1, 0.15) is 11.5 Å². The highest BCUT2D eigenvalue weighted by atomic mass is 19.1. The third-order valence-electron chi connectivity index (χ3n) is 5.50. The van der Waals surface area contributed by atoms with Crippen LogP contribution in [0.5, 0.6) is 0 Å². The van der Waals surface area contributed by atoms with E-state index >= 15 is 0 Å². The monoisotopic (exact) mass is 365 g/mol. The van der Waals surface area contributed by atoms with Crippen LogP contribution in [0, 0.1) is 12.7 Å². The second-order valence-electron chi connectivity index (χ2n) is 6.97. The third-order valence-corrected chi connectivity index (χ3v) is 5.50. The molecule has 2 aromatic carbocycles. The minimum Gasteiger partial charge on any atom is -0.366 e. The van der Waals surface area contributed by atoms with Crippen molar-refractivity contribution in [2.75, 3.05) is 31.1 Å². The maximum absolute atomic E-state index is 14.0. The summed E-state index contributed by atoms with van der Waals surface area (Å²) in [7, 11) is 0. The average molecular weight is 365 g/mol. The van der Waals surface area contributed by atoms with Crippen LogP contribution < -0.4 is 4.90 Å². The van der Waals surface area contributed by atoms with Crippen LogP contribution >= 0.6 is 0 Å². The van der Waals surface area contributed by atoms with Crippen molar-refractivity contribution in [1.29, 1.82) is 0 Å². The van der Waals surface area contributed by atoms with Crippen molar-refractivity contribution in [1.82, 2.24) is 9.47 Å². The quantitative estimate of drug-likeness (QED) is 0.700. The van der Waals surface area contributed by atoms with Gasteiger partial charge in [0.2, 0.25) is 0 Å². The molecule has 1 aliphatic heterocycles. The maximum Gasteiger partial charge on any atom is 0.270 e. The van der Waals surface area contributed by atoms with Crippen molar-refractivity contribution in [3.63, 3.8) is 0 Å². The van der Waals surface area contributed by atoms with Gasteiger partial charge >= 0.3 is 0 Å². The van der Waals surface area contributed by atoms with Gasteiger partial charge in [-0.15, -0.1) is 0 Å². The lowest BCUT2D eigenvalue weighted by atomic mass is 10.1. The highest BCUT2D eigenvalue weighted by Gasteiger charge is 2.27. The number of aromatic nitrogens is 1. The van der Waals surface area contributed by atoms with Crippen LogP contribution in [0.1, 0.15) is 23.0 Å². The summed E-state index contributed by atoms with van der Waals surface area (Å²) in [5.41, 5.74) is 3.53. The number of piperazine rings is 1. The topological polar surface area (TPSA) is 28.5 Å². The van der Waals surface area contributed by atoms with Crippen LogP contribution in [0.2, 0.25) is 0 Å². The number of carbonyl (C=O) groups excluding carboxylic acids is 1. The molecule has 0 radical (unpaired) electrons. The first-order chi connectivity index (χ1) is 13.1. The molecule has 0 N–H and O–H groups in total. The van der Waals surface area contributed by atoms with E-state index < -0.39 is 0 Å². The molecule has 0 unspecified atom stereocenters. The average Bonchev–Trinajstić information content (AvgIpc) is 3.00. The molecule has 0 saturated carbocycles. The van der Waals surface area contributed by atoms with Crippen LogP contribution in [0.25, 0.3) is 10.9 Å². The lowest BCUT2D eigenvalue weighted by Gasteiger charge is -2.36. The minimum absolute atomic E-state index is 0.0683. The highest BCUT2D eigenvalue weighted by molar-refractivity contribution is 6.01. The zero-order valence-corrected chi connectivity index (χ0v) is 15.8. The number of nitrogens with zero attached hydrogens (tertiary/aromatic N) is 3. The lowest BCUT2D eigenvalue weighted by molar-refractivity contribution is 0.0735. The number of carbonyl (C=O) groups is 1. The minimum atomic E-state index is -0.209. The van der Waals surface area contributed by atoms with Crippen LogP contribution in [0.4, 0.5) is 10.1 Å². The molecule has 0 atom stereocenters. The van der Waals surface area contributed by atoms with Crippen molar-refractivity contribution in [3.05, 3.63) is 65.6 Å². The Hall–Kier alpha value is -2.82. The number of rotatable bonds is 3. The first-order valence-corrected chi connectivity index (χ1v) is 9.48. The summed E-state index contributed by atoms with van der Waals surface area (Å²) < 4.78 is 16.1. The molecule has 5 heteroatoms. The molecule has 4 rings (SSSR count). The molecular weight excluding hydrogens is 341 g/mol. The Balaban J connectivity index is 1.58. The lowest BCUT2D eigenvalue weighted by Crippen LogP contribution is -2.49. The van der Waals surface area contributed by atoms with E-state index in [-0.39, 0.29) is 11.7 Å². The molecule has 27 heavy (non-hydrogen) atoms. The Morgan fingerprint density at radius 1 is 1.00 bits per heavy atom. The van der Waals surface area contributed by atoms with Gasteiger partial charge in [-0.25, -0.2) is 4.39 Å². The molecule has 1 aliphatic rings. The highest BCUT2D eigenvalue weighted by Crippen LogP contribution is 2.27. The zero-order chi connectivity index (χ0) is 19.0. The van der Waals surface area contributed by atoms with Gasteiger partial charge in [0.25, 0.3) is 5.91 Å². The van der Waals surface area contributed by atoms with E-state index in [1.807, 2.05) is 34.9 Å². The number of benzene rings is 2. The molecule has 2 heterocycles. The summed E-state index contributed by atoms with van der Waals surface area (Å²) in [5.74, 6) is -0.141. The molecule has 1 aromatic heterocycles. The molecule has 0 aliphatic carbocycles. The normalized spacial score (nSPS) is 14.8. The SMILES string of the molecule is CCn1c(C(=O)N2CCN(c3ccccc3F)CC2)c(C)c2ccccc21. The second kappa shape index (κ2) is 7.06. The Morgan fingerprint density at radius 3 is 2.37 bits per heavy atom. The number of hydrogen-bond donors (Lipinski definition) is 0. The number of halogens is 1. The van der Waals surface area contributed by atoms with Gasteiger partial charge in [0.15, 0.2) is 0 Å². The predicted octanol–water partition coefficient (Wildman–Crippen LogP) is 4.07. The fourth-order valence-electron chi connectivity index (χ4n) is 4.09. The second-order valence-corrected chi connectivity index (χ2v) is 6.97. The van der Waals surface area contributed by atoms with Crippen molar-refractivity contribution in [3.8, 4) is 0 Å². The van der Waals surface area contributed by atoms with Crippen LogP contribution in [-0.4, -0.2) is 41.6 Å². The molecule has 0 bridgehead atoms. The van der Waals surface area contributed by atoms with Gasteiger partial charge in [-0.3, -0.25) is 4.79 Å². The Bertz CT molecular complexity index is 986. The first-order valence-electron chi connectivity index (χ1n) is 9.48. The summed E-state index contributed by atoms with van der Waals surface area (Å²) in [4.78, 5) is 17.2. The molecule has 4 nitrogen and oxygen atoms in total. The van der Waals surface area contributed by atoms with Crippen molar-refractivity contribution < 1.29 is 9.18 Å². The van der Waals surface area contributed by atoms with Gasteiger partial charge in [-0.2, -0.15) is 0 Å². The fraction of sp³-hybridized carbons (Fsp3) is 0.318.